The van der Waals surface area contributed by atoms with Crippen molar-refractivity contribution in [2.45, 2.75) is 52.4 Å². The van der Waals surface area contributed by atoms with Crippen molar-refractivity contribution in [1.82, 2.24) is 14.9 Å². The molecule has 1 aliphatic carbocycles. The number of alkyl halides is 1. The number of carbonyl (C=O) groups is 1. The molecule has 28 heavy (non-hydrogen) atoms. The molecule has 0 spiro atoms. The molecule has 1 atom stereocenters. The maximum atomic E-state index is 11.9. The molecule has 5 nitrogen and oxygen atoms in total. The third kappa shape index (κ3) is 3.86. The van der Waals surface area contributed by atoms with Crippen LogP contribution in [0.1, 0.15) is 49.4 Å². The Morgan fingerprint density at radius 1 is 1.25 bits per heavy atom. The summed E-state index contributed by atoms with van der Waals surface area (Å²) in [5.41, 5.74) is 1.48. The molecule has 1 saturated heterocycles. The number of hydrogen-bond donors (Lipinski definition) is 0. The molecule has 3 heterocycles. The van der Waals surface area contributed by atoms with Gasteiger partial charge in [-0.05, 0) is 37.2 Å². The minimum absolute atomic E-state index is 0.0275. The van der Waals surface area contributed by atoms with E-state index in [1.807, 2.05) is 16.2 Å². The third-order valence-electron chi connectivity index (χ3n) is 5.98. The molecular weight excluding hydrogens is 392 g/mol. The molecule has 0 bridgehead atoms. The minimum atomic E-state index is 0.0275. The van der Waals surface area contributed by atoms with Crippen molar-refractivity contribution in [2.75, 3.05) is 37.0 Å². The van der Waals surface area contributed by atoms with Crippen molar-refractivity contribution in [1.29, 1.82) is 0 Å². The van der Waals surface area contributed by atoms with Gasteiger partial charge in [0.25, 0.3) is 0 Å². The van der Waals surface area contributed by atoms with Crippen molar-refractivity contribution < 1.29 is 4.79 Å². The monoisotopic (exact) mass is 420 g/mol. The van der Waals surface area contributed by atoms with Crippen LogP contribution in [0.5, 0.6) is 0 Å². The second-order valence-electron chi connectivity index (χ2n) is 8.10. The Balaban J connectivity index is 1.70. The molecule has 1 fully saturated rings. The Hall–Kier alpha value is -1.40. The molecular formula is C21H29ClN4OS. The van der Waals surface area contributed by atoms with E-state index >= 15 is 0 Å². The topological polar surface area (TPSA) is 49.3 Å². The zero-order valence-electron chi connectivity index (χ0n) is 16.8. The highest BCUT2D eigenvalue weighted by Crippen LogP contribution is 2.41. The standard InChI is InChI=1S/C21H29ClN4OS/c1-3-4-5-17-23-20(26-10-8-25(9-11-26)18(27)13-22)19-15-7-6-14(2)12-16(15)28-21(19)24-17/h14H,3-13H2,1-2H3/t14-/m0/s1. The Morgan fingerprint density at radius 2 is 2.04 bits per heavy atom. The summed E-state index contributed by atoms with van der Waals surface area (Å²) in [5.74, 6) is 2.91. The van der Waals surface area contributed by atoms with Gasteiger partial charge in [0.05, 0.1) is 5.39 Å². The van der Waals surface area contributed by atoms with Crippen molar-refractivity contribution in [3.63, 3.8) is 0 Å². The fraction of sp³-hybridized carbons (Fsp3) is 0.667. The van der Waals surface area contributed by atoms with Crippen LogP contribution in [0.25, 0.3) is 10.2 Å². The first kappa shape index (κ1) is 19.9. The zero-order valence-corrected chi connectivity index (χ0v) is 18.4. The van der Waals surface area contributed by atoms with Crippen LogP contribution < -0.4 is 4.90 Å². The summed E-state index contributed by atoms with van der Waals surface area (Å²) in [6.07, 6.45) is 6.74. The molecule has 0 radical (unpaired) electrons. The molecule has 1 aliphatic heterocycles. The molecule has 7 heteroatoms. The summed E-state index contributed by atoms with van der Waals surface area (Å²) in [5, 5.41) is 1.28. The molecule has 0 N–H and O–H groups in total. The quantitative estimate of drug-likeness (QED) is 0.685. The third-order valence-corrected chi connectivity index (χ3v) is 7.36. The predicted molar refractivity (Wildman–Crippen MR) is 117 cm³/mol. The van der Waals surface area contributed by atoms with Crippen molar-refractivity contribution in [2.24, 2.45) is 5.92 Å². The van der Waals surface area contributed by atoms with Crippen molar-refractivity contribution in [3.8, 4) is 0 Å². The molecule has 2 aromatic rings. The number of rotatable bonds is 5. The number of aryl methyl sites for hydroxylation is 2. The highest BCUT2D eigenvalue weighted by Gasteiger charge is 2.28. The van der Waals surface area contributed by atoms with Gasteiger partial charge in [-0.25, -0.2) is 9.97 Å². The molecule has 0 unspecified atom stereocenters. The van der Waals surface area contributed by atoms with Gasteiger partial charge in [0.1, 0.15) is 22.4 Å². The summed E-state index contributed by atoms with van der Waals surface area (Å²) in [7, 11) is 0. The first-order valence-electron chi connectivity index (χ1n) is 10.5. The van der Waals surface area contributed by atoms with Crippen molar-refractivity contribution >= 4 is 44.9 Å². The van der Waals surface area contributed by atoms with Gasteiger partial charge in [-0.2, -0.15) is 0 Å². The lowest BCUT2D eigenvalue weighted by molar-refractivity contribution is -0.128. The van der Waals surface area contributed by atoms with Crippen LogP contribution in [0, 0.1) is 5.92 Å². The van der Waals surface area contributed by atoms with Gasteiger partial charge in [0.2, 0.25) is 5.91 Å². The van der Waals surface area contributed by atoms with E-state index in [0.717, 1.165) is 67.6 Å². The average molecular weight is 421 g/mol. The number of halogens is 1. The van der Waals surface area contributed by atoms with Gasteiger partial charge in [0.15, 0.2) is 0 Å². The number of piperazine rings is 1. The summed E-state index contributed by atoms with van der Waals surface area (Å²) in [4.78, 5) is 28.8. The molecule has 1 amide bonds. The SMILES string of the molecule is CCCCc1nc(N2CCN(C(=O)CCl)CC2)c2c3c(sc2n1)C[C@@H](C)CC3. The summed E-state index contributed by atoms with van der Waals surface area (Å²) in [6, 6.07) is 0. The summed E-state index contributed by atoms with van der Waals surface area (Å²) < 4.78 is 0. The second kappa shape index (κ2) is 8.54. The van der Waals surface area contributed by atoms with E-state index in [1.165, 1.54) is 22.2 Å². The van der Waals surface area contributed by atoms with Crippen LogP contribution in [0.15, 0.2) is 0 Å². The Bertz CT molecular complexity index is 860. The number of thiophene rings is 1. The number of unbranched alkanes of at least 4 members (excludes halogenated alkanes) is 1. The van der Waals surface area contributed by atoms with Gasteiger partial charge in [0, 0.05) is 37.5 Å². The Kier molecular flexibility index (Phi) is 6.07. The molecule has 0 aromatic carbocycles. The number of amides is 1. The summed E-state index contributed by atoms with van der Waals surface area (Å²) in [6.45, 7) is 7.60. The molecule has 2 aromatic heterocycles. The fourth-order valence-electron chi connectivity index (χ4n) is 4.29. The van der Waals surface area contributed by atoms with Gasteiger partial charge < -0.3 is 9.80 Å². The van der Waals surface area contributed by atoms with Crippen LogP contribution in [0.2, 0.25) is 0 Å². The van der Waals surface area contributed by atoms with Crippen molar-refractivity contribution in [3.05, 3.63) is 16.3 Å². The van der Waals surface area contributed by atoms with Gasteiger partial charge in [-0.3, -0.25) is 4.79 Å². The zero-order chi connectivity index (χ0) is 19.7. The van der Waals surface area contributed by atoms with E-state index in [2.05, 4.69) is 18.7 Å². The maximum absolute atomic E-state index is 11.9. The highest BCUT2D eigenvalue weighted by molar-refractivity contribution is 7.19. The number of fused-ring (bicyclic) bond motifs is 3. The average Bonchev–Trinajstić information content (AvgIpc) is 3.08. The lowest BCUT2D eigenvalue weighted by Gasteiger charge is -2.35. The normalized spacial score (nSPS) is 19.9. The largest absolute Gasteiger partial charge is 0.352 e. The number of hydrogen-bond acceptors (Lipinski definition) is 5. The van der Waals surface area contributed by atoms with Crippen LogP contribution in [-0.4, -0.2) is 52.8 Å². The first-order valence-corrected chi connectivity index (χ1v) is 11.9. The van der Waals surface area contributed by atoms with E-state index in [1.54, 1.807) is 0 Å². The molecule has 2 aliphatic rings. The molecule has 4 rings (SSSR count). The van der Waals surface area contributed by atoms with E-state index in [9.17, 15) is 4.79 Å². The number of carbonyl (C=O) groups excluding carboxylic acids is 1. The smallest absolute Gasteiger partial charge is 0.237 e. The van der Waals surface area contributed by atoms with Gasteiger partial charge in [-0.15, -0.1) is 22.9 Å². The predicted octanol–water partition coefficient (Wildman–Crippen LogP) is 4.05. The molecule has 152 valence electrons. The number of aromatic nitrogens is 2. The van der Waals surface area contributed by atoms with E-state index in [4.69, 9.17) is 21.6 Å². The van der Waals surface area contributed by atoms with E-state index in [0.29, 0.717) is 13.1 Å². The van der Waals surface area contributed by atoms with Crippen LogP contribution in [0.3, 0.4) is 0 Å². The highest BCUT2D eigenvalue weighted by atomic mass is 35.5. The Morgan fingerprint density at radius 3 is 2.75 bits per heavy atom. The first-order chi connectivity index (χ1) is 13.6. The second-order valence-corrected chi connectivity index (χ2v) is 9.45. The van der Waals surface area contributed by atoms with Gasteiger partial charge in [-0.1, -0.05) is 20.3 Å². The Labute approximate surface area is 176 Å². The van der Waals surface area contributed by atoms with Gasteiger partial charge >= 0.3 is 0 Å². The maximum Gasteiger partial charge on any atom is 0.237 e. The van der Waals surface area contributed by atoms with E-state index < -0.39 is 0 Å². The summed E-state index contributed by atoms with van der Waals surface area (Å²) >= 11 is 7.62. The van der Waals surface area contributed by atoms with Crippen LogP contribution in [-0.2, 0) is 24.1 Å². The number of anilines is 1. The number of nitrogens with zero attached hydrogens (tertiary/aromatic N) is 4. The van der Waals surface area contributed by atoms with Crippen LogP contribution in [0.4, 0.5) is 5.82 Å². The van der Waals surface area contributed by atoms with E-state index in [-0.39, 0.29) is 11.8 Å². The lowest BCUT2D eigenvalue weighted by Crippen LogP contribution is -2.49. The van der Waals surface area contributed by atoms with Crippen LogP contribution >= 0.6 is 22.9 Å². The lowest BCUT2D eigenvalue weighted by atomic mass is 9.89. The minimum Gasteiger partial charge on any atom is -0.352 e. The fourth-order valence-corrected chi connectivity index (χ4v) is 5.86. The molecule has 0 saturated carbocycles.